The Hall–Kier alpha value is -3.40. The summed E-state index contributed by atoms with van der Waals surface area (Å²) in [4.78, 5) is 38.3. The molecule has 2 N–H and O–H groups in total. The first-order chi connectivity index (χ1) is 16.5. The number of fused-ring (bicyclic) bond motifs is 1. The highest BCUT2D eigenvalue weighted by Gasteiger charge is 2.38. The number of carbonyl (C=O) groups is 2. The van der Waals surface area contributed by atoms with Crippen molar-refractivity contribution in [2.45, 2.75) is 45.3 Å². The number of benzene rings is 1. The first-order valence-electron chi connectivity index (χ1n) is 11.9. The highest BCUT2D eigenvalue weighted by molar-refractivity contribution is 6.01. The van der Waals surface area contributed by atoms with Crippen LogP contribution in [0.1, 0.15) is 34.1 Å². The monoisotopic (exact) mass is 482 g/mol. The lowest BCUT2D eigenvalue weighted by Crippen LogP contribution is -2.49. The van der Waals surface area contributed by atoms with Crippen LogP contribution in [0.4, 0.5) is 22.2 Å². The van der Waals surface area contributed by atoms with Gasteiger partial charge in [-0.05, 0) is 58.4 Å². The average Bonchev–Trinajstić information content (AvgIpc) is 3.18. The number of amides is 2. The number of morpholine rings is 1. The minimum Gasteiger partial charge on any atom is -0.444 e. The van der Waals surface area contributed by atoms with Crippen LogP contribution in [-0.2, 0) is 14.3 Å². The van der Waals surface area contributed by atoms with Crippen molar-refractivity contribution >= 4 is 40.4 Å². The lowest BCUT2D eigenvalue weighted by atomic mass is 10.0. The Balaban J connectivity index is 1.65. The first-order valence-corrected chi connectivity index (χ1v) is 11.9. The van der Waals surface area contributed by atoms with Gasteiger partial charge in [0.05, 0.1) is 24.3 Å². The maximum absolute atomic E-state index is 12.4. The summed E-state index contributed by atoms with van der Waals surface area (Å²) in [5, 5.41) is 6.72. The summed E-state index contributed by atoms with van der Waals surface area (Å²) in [5.74, 6) is 1.14. The fraction of sp³-hybridized carbons (Fsp3) is 0.520. The van der Waals surface area contributed by atoms with Crippen LogP contribution in [-0.4, -0.2) is 72.5 Å². The van der Waals surface area contributed by atoms with Crippen LogP contribution in [0.2, 0.25) is 0 Å². The zero-order valence-corrected chi connectivity index (χ0v) is 20.9. The van der Waals surface area contributed by atoms with Gasteiger partial charge in [-0.1, -0.05) is 6.58 Å². The molecule has 2 aliphatic rings. The highest BCUT2D eigenvalue weighted by atomic mass is 16.6. The number of ether oxygens (including phenoxy) is 2. The van der Waals surface area contributed by atoms with E-state index in [1.54, 1.807) is 0 Å². The molecule has 1 atom stereocenters. The second-order valence-electron chi connectivity index (χ2n) is 10.2. The second-order valence-corrected chi connectivity index (χ2v) is 10.2. The molecule has 1 aromatic carbocycles. The smallest absolute Gasteiger partial charge is 0.408 e. The molecule has 0 saturated carbocycles. The molecule has 2 amide bonds. The zero-order chi connectivity index (χ0) is 25.2. The van der Waals surface area contributed by atoms with Crippen LogP contribution < -0.4 is 20.4 Å². The Morgan fingerprint density at radius 3 is 2.60 bits per heavy atom. The summed E-state index contributed by atoms with van der Waals surface area (Å²) in [7, 11) is 0. The van der Waals surface area contributed by atoms with E-state index >= 15 is 0 Å². The Labute approximate surface area is 205 Å². The topological polar surface area (TPSA) is 109 Å². The van der Waals surface area contributed by atoms with Crippen LogP contribution >= 0.6 is 0 Å². The van der Waals surface area contributed by atoms with E-state index < -0.39 is 17.2 Å². The Morgan fingerprint density at radius 1 is 1.17 bits per heavy atom. The normalized spacial score (nSPS) is 20.6. The van der Waals surface area contributed by atoms with E-state index in [4.69, 9.17) is 19.4 Å². The van der Waals surface area contributed by atoms with Crippen molar-refractivity contribution in [3.63, 3.8) is 0 Å². The average molecular weight is 483 g/mol. The third-order valence-corrected chi connectivity index (χ3v) is 5.99. The summed E-state index contributed by atoms with van der Waals surface area (Å²) in [6.07, 6.45) is 1.56. The second kappa shape index (κ2) is 9.69. The van der Waals surface area contributed by atoms with Gasteiger partial charge in [-0.2, -0.15) is 4.98 Å². The van der Waals surface area contributed by atoms with Crippen LogP contribution in [0, 0.1) is 0 Å². The van der Waals surface area contributed by atoms with Crippen LogP contribution in [0.3, 0.4) is 0 Å². The fourth-order valence-electron chi connectivity index (χ4n) is 4.31. The van der Waals surface area contributed by atoms with E-state index in [9.17, 15) is 9.59 Å². The van der Waals surface area contributed by atoms with E-state index in [1.807, 2.05) is 45.9 Å². The lowest BCUT2D eigenvalue weighted by molar-refractivity contribution is -0.111. The number of nitrogens with zero attached hydrogens (tertiary/aromatic N) is 4. The van der Waals surface area contributed by atoms with E-state index in [-0.39, 0.29) is 5.91 Å². The molecule has 188 valence electrons. The standard InChI is InChI=1S/C25H34N6O4/c1-6-20(32)26-17-7-8-18-19(15-17)27-22(30-11-13-34-14-12-30)28-21(18)31-10-9-25(5,16-31)29-23(33)35-24(2,3)4/h6-8,15H,1,9-14,16H2,2-5H3,(H,26,32)(H,29,33)/t25-/m1/s1. The molecule has 4 rings (SSSR count). The summed E-state index contributed by atoms with van der Waals surface area (Å²) >= 11 is 0. The van der Waals surface area contributed by atoms with Crippen molar-refractivity contribution in [3.8, 4) is 0 Å². The van der Waals surface area contributed by atoms with E-state index in [0.717, 1.165) is 29.7 Å². The maximum Gasteiger partial charge on any atom is 0.408 e. The van der Waals surface area contributed by atoms with Gasteiger partial charge in [-0.3, -0.25) is 4.79 Å². The van der Waals surface area contributed by atoms with Crippen molar-refractivity contribution in [3.05, 3.63) is 30.9 Å². The van der Waals surface area contributed by atoms with Gasteiger partial charge in [0.2, 0.25) is 11.9 Å². The molecule has 35 heavy (non-hydrogen) atoms. The van der Waals surface area contributed by atoms with Gasteiger partial charge in [0, 0.05) is 37.3 Å². The van der Waals surface area contributed by atoms with Gasteiger partial charge >= 0.3 is 6.09 Å². The molecule has 2 aromatic rings. The fourth-order valence-corrected chi connectivity index (χ4v) is 4.31. The van der Waals surface area contributed by atoms with Gasteiger partial charge in [-0.15, -0.1) is 0 Å². The molecular weight excluding hydrogens is 448 g/mol. The number of aromatic nitrogens is 2. The van der Waals surface area contributed by atoms with Gasteiger partial charge in [0.25, 0.3) is 0 Å². The predicted molar refractivity (Wildman–Crippen MR) is 136 cm³/mol. The Kier molecular flexibility index (Phi) is 6.84. The number of alkyl carbamates (subject to hydrolysis) is 1. The number of carbonyl (C=O) groups excluding carboxylic acids is 2. The molecule has 10 nitrogen and oxygen atoms in total. The molecule has 0 aliphatic carbocycles. The number of anilines is 3. The van der Waals surface area contributed by atoms with Gasteiger partial charge in [0.1, 0.15) is 11.4 Å². The SMILES string of the molecule is C=CC(=O)Nc1ccc2c(N3CC[C@@](C)(NC(=O)OC(C)(C)C)C3)nc(N3CCOCC3)nc2c1. The molecule has 0 unspecified atom stereocenters. The number of hydrogen-bond donors (Lipinski definition) is 2. The van der Waals surface area contributed by atoms with Crippen LogP contribution in [0.5, 0.6) is 0 Å². The first kappa shape index (κ1) is 24.7. The molecule has 1 aromatic heterocycles. The molecular formula is C25H34N6O4. The molecule has 0 radical (unpaired) electrons. The molecule has 0 spiro atoms. The third-order valence-electron chi connectivity index (χ3n) is 5.99. The number of rotatable bonds is 5. The van der Waals surface area contributed by atoms with Gasteiger partial charge in [-0.25, -0.2) is 9.78 Å². The number of nitrogens with one attached hydrogen (secondary N) is 2. The quantitative estimate of drug-likeness (QED) is 0.626. The molecule has 2 fully saturated rings. The van der Waals surface area contributed by atoms with Crippen LogP contribution in [0.25, 0.3) is 10.9 Å². The molecule has 2 aliphatic heterocycles. The van der Waals surface area contributed by atoms with Crippen molar-refractivity contribution in [1.82, 2.24) is 15.3 Å². The predicted octanol–water partition coefficient (Wildman–Crippen LogP) is 3.08. The van der Waals surface area contributed by atoms with Gasteiger partial charge in [0.15, 0.2) is 0 Å². The largest absolute Gasteiger partial charge is 0.444 e. The van der Waals surface area contributed by atoms with E-state index in [0.29, 0.717) is 44.5 Å². The van der Waals surface area contributed by atoms with E-state index in [1.165, 1.54) is 6.08 Å². The lowest BCUT2D eigenvalue weighted by Gasteiger charge is -2.30. The highest BCUT2D eigenvalue weighted by Crippen LogP contribution is 2.33. The molecule has 3 heterocycles. The van der Waals surface area contributed by atoms with Crippen molar-refractivity contribution in [2.24, 2.45) is 0 Å². The molecule has 10 heteroatoms. The molecule has 0 bridgehead atoms. The minimum atomic E-state index is -0.562. The van der Waals surface area contributed by atoms with Gasteiger partial charge < -0.3 is 29.9 Å². The van der Waals surface area contributed by atoms with Crippen molar-refractivity contribution in [1.29, 1.82) is 0 Å². The number of hydrogen-bond acceptors (Lipinski definition) is 8. The summed E-state index contributed by atoms with van der Waals surface area (Å²) in [6.45, 7) is 15.0. The Bertz CT molecular complexity index is 1120. The van der Waals surface area contributed by atoms with Crippen molar-refractivity contribution in [2.75, 3.05) is 54.5 Å². The minimum absolute atomic E-state index is 0.282. The third kappa shape index (κ3) is 6.00. The Morgan fingerprint density at radius 2 is 1.91 bits per heavy atom. The summed E-state index contributed by atoms with van der Waals surface area (Å²) in [5.41, 5.74) is 0.342. The summed E-state index contributed by atoms with van der Waals surface area (Å²) in [6, 6.07) is 5.60. The van der Waals surface area contributed by atoms with E-state index in [2.05, 4.69) is 27.0 Å². The maximum atomic E-state index is 12.4. The molecule has 2 saturated heterocycles. The zero-order valence-electron chi connectivity index (χ0n) is 20.9. The van der Waals surface area contributed by atoms with Crippen LogP contribution in [0.15, 0.2) is 30.9 Å². The van der Waals surface area contributed by atoms with Crippen molar-refractivity contribution < 1.29 is 19.1 Å². The summed E-state index contributed by atoms with van der Waals surface area (Å²) < 4.78 is 11.0.